The lowest BCUT2D eigenvalue weighted by Gasteiger charge is -2.17. The lowest BCUT2D eigenvalue weighted by Crippen LogP contribution is -2.10. The van der Waals surface area contributed by atoms with E-state index in [1.165, 1.54) is 7.11 Å². The molecule has 0 unspecified atom stereocenters. The summed E-state index contributed by atoms with van der Waals surface area (Å²) in [5.41, 5.74) is 9.75. The molecule has 0 saturated heterocycles. The van der Waals surface area contributed by atoms with Gasteiger partial charge in [-0.2, -0.15) is 5.10 Å². The Kier molecular flexibility index (Phi) is 7.07. The van der Waals surface area contributed by atoms with Crippen molar-refractivity contribution in [3.8, 4) is 22.6 Å². The number of rotatable bonds is 8. The first kappa shape index (κ1) is 24.6. The zero-order chi connectivity index (χ0) is 25.8. The number of carbonyl (C=O) groups excluding carboxylic acids is 1. The normalized spacial score (nSPS) is 10.6. The van der Waals surface area contributed by atoms with Crippen LogP contribution in [0, 0.1) is 13.8 Å². The number of aromatic nitrogens is 2. The summed E-state index contributed by atoms with van der Waals surface area (Å²) in [6, 6.07) is 19.1. The number of nitrogens with two attached hydrogens (primary N) is 1. The molecule has 0 spiro atoms. The molecule has 0 atom stereocenters. The number of anilines is 3. The number of methoxy groups -OCH3 is 2. The second-order valence-corrected chi connectivity index (χ2v) is 8.19. The summed E-state index contributed by atoms with van der Waals surface area (Å²) < 4.78 is 12.2. The number of nitrogen functional groups attached to an aromatic ring is 1. The summed E-state index contributed by atoms with van der Waals surface area (Å²) in [6.45, 7) is 7.89. The Morgan fingerprint density at radius 1 is 1.06 bits per heavy atom. The molecule has 8 heteroatoms. The summed E-state index contributed by atoms with van der Waals surface area (Å²) in [5, 5.41) is 8.35. The predicted octanol–water partition coefficient (Wildman–Crippen LogP) is 5.62. The highest BCUT2D eigenvalue weighted by Crippen LogP contribution is 2.38. The lowest BCUT2D eigenvalue weighted by atomic mass is 10.0. The van der Waals surface area contributed by atoms with Crippen LogP contribution in [0.4, 0.5) is 17.2 Å². The third-order valence-electron chi connectivity index (χ3n) is 6.00. The molecule has 1 heterocycles. The van der Waals surface area contributed by atoms with Gasteiger partial charge < -0.3 is 20.2 Å². The monoisotopic (exact) mass is 483 g/mol. The number of esters is 1. The van der Waals surface area contributed by atoms with E-state index in [1.54, 1.807) is 31.4 Å². The molecule has 4 N–H and O–H groups in total. The van der Waals surface area contributed by atoms with Crippen molar-refractivity contribution in [3.63, 3.8) is 0 Å². The quantitative estimate of drug-likeness (QED) is 0.170. The third kappa shape index (κ3) is 4.54. The van der Waals surface area contributed by atoms with E-state index in [0.29, 0.717) is 22.8 Å². The number of ether oxygens (including phenoxy) is 2. The van der Waals surface area contributed by atoms with Gasteiger partial charge in [0.1, 0.15) is 11.6 Å². The van der Waals surface area contributed by atoms with Crippen LogP contribution in [0.25, 0.3) is 22.9 Å². The zero-order valence-electron chi connectivity index (χ0n) is 20.8. The third-order valence-corrected chi connectivity index (χ3v) is 6.00. The first-order valence-corrected chi connectivity index (χ1v) is 11.3. The summed E-state index contributed by atoms with van der Waals surface area (Å²) in [4.78, 5) is 12.6. The van der Waals surface area contributed by atoms with E-state index in [4.69, 9.17) is 20.4 Å². The van der Waals surface area contributed by atoms with Crippen molar-refractivity contribution >= 4 is 29.2 Å². The Bertz CT molecular complexity index is 1440. The average Bonchev–Trinajstić information content (AvgIpc) is 3.23. The van der Waals surface area contributed by atoms with E-state index in [2.05, 4.69) is 17.3 Å². The first-order chi connectivity index (χ1) is 17.4. The van der Waals surface area contributed by atoms with Gasteiger partial charge >= 0.3 is 5.97 Å². The van der Waals surface area contributed by atoms with E-state index >= 15 is 0 Å². The molecule has 1 aromatic heterocycles. The number of para-hydroxylation sites is 1. The Hall–Kier alpha value is -4.56. The maximum absolute atomic E-state index is 12.6. The Labute approximate surface area is 210 Å². The van der Waals surface area contributed by atoms with Crippen LogP contribution in [0.5, 0.6) is 5.75 Å². The number of hydrogen-bond donors (Lipinski definition) is 3. The standard InChI is InChI=1S/C28H29N5O3/c1-6-19-15-20(11-13-23(19)31-29)26-18(3)32-33(25-10-8-7-9-17(25)2)27(26)30-24-14-12-21(35-4)16-22(24)28(34)36-5/h6-16,30-31H,1,29H2,2-5H3. The van der Waals surface area contributed by atoms with Crippen molar-refractivity contribution in [2.45, 2.75) is 13.8 Å². The van der Waals surface area contributed by atoms with Crippen LogP contribution in [0.1, 0.15) is 27.2 Å². The van der Waals surface area contributed by atoms with Crippen LogP contribution in [0.15, 0.2) is 67.2 Å². The average molecular weight is 484 g/mol. The SMILES string of the molecule is C=Cc1cc(-c2c(C)nn(-c3ccccc3C)c2Nc2ccc(OC)cc2C(=O)OC)ccc1NN. The minimum Gasteiger partial charge on any atom is -0.497 e. The van der Waals surface area contributed by atoms with Crippen LogP contribution < -0.4 is 21.3 Å². The van der Waals surface area contributed by atoms with Gasteiger partial charge in [0.15, 0.2) is 0 Å². The van der Waals surface area contributed by atoms with Gasteiger partial charge in [0.25, 0.3) is 0 Å². The summed E-state index contributed by atoms with van der Waals surface area (Å²) in [5.74, 6) is 6.43. The highest BCUT2D eigenvalue weighted by Gasteiger charge is 2.22. The molecule has 184 valence electrons. The van der Waals surface area contributed by atoms with Crippen molar-refractivity contribution in [2.75, 3.05) is 25.0 Å². The van der Waals surface area contributed by atoms with E-state index in [0.717, 1.165) is 39.3 Å². The van der Waals surface area contributed by atoms with Gasteiger partial charge in [-0.1, -0.05) is 36.9 Å². The molecule has 0 aliphatic rings. The largest absolute Gasteiger partial charge is 0.497 e. The van der Waals surface area contributed by atoms with Crippen LogP contribution in [-0.2, 0) is 4.74 Å². The van der Waals surface area contributed by atoms with E-state index in [-0.39, 0.29) is 0 Å². The minimum absolute atomic E-state index is 0.340. The Morgan fingerprint density at radius 2 is 1.81 bits per heavy atom. The van der Waals surface area contributed by atoms with Crippen molar-refractivity contribution in [1.29, 1.82) is 0 Å². The van der Waals surface area contributed by atoms with Gasteiger partial charge in [0.2, 0.25) is 0 Å². The van der Waals surface area contributed by atoms with E-state index in [9.17, 15) is 4.79 Å². The molecule has 36 heavy (non-hydrogen) atoms. The fraction of sp³-hybridized carbons (Fsp3) is 0.143. The van der Waals surface area contributed by atoms with Crippen molar-refractivity contribution in [1.82, 2.24) is 9.78 Å². The van der Waals surface area contributed by atoms with Crippen LogP contribution >= 0.6 is 0 Å². The number of nitrogens with zero attached hydrogens (tertiary/aromatic N) is 2. The number of hydrazine groups is 1. The molecule has 0 aliphatic carbocycles. The second-order valence-electron chi connectivity index (χ2n) is 8.19. The van der Waals surface area contributed by atoms with Gasteiger partial charge in [-0.15, -0.1) is 0 Å². The molecule has 4 aromatic rings. The highest BCUT2D eigenvalue weighted by molar-refractivity contribution is 5.98. The van der Waals surface area contributed by atoms with Crippen LogP contribution in [0.2, 0.25) is 0 Å². The fourth-order valence-electron chi connectivity index (χ4n) is 4.15. The Balaban J connectivity index is 1.97. The number of nitrogens with one attached hydrogen (secondary N) is 2. The molecule has 0 bridgehead atoms. The van der Waals surface area contributed by atoms with E-state index in [1.807, 2.05) is 61.0 Å². The molecular formula is C28H29N5O3. The Morgan fingerprint density at radius 3 is 2.47 bits per heavy atom. The molecule has 0 fully saturated rings. The van der Waals surface area contributed by atoms with Crippen LogP contribution in [-0.4, -0.2) is 30.0 Å². The lowest BCUT2D eigenvalue weighted by molar-refractivity contribution is 0.0601. The topological polar surface area (TPSA) is 103 Å². The van der Waals surface area contributed by atoms with E-state index < -0.39 is 5.97 Å². The van der Waals surface area contributed by atoms with Gasteiger partial charge in [-0.25, -0.2) is 9.48 Å². The van der Waals surface area contributed by atoms with Crippen molar-refractivity contribution < 1.29 is 14.3 Å². The zero-order valence-corrected chi connectivity index (χ0v) is 20.8. The van der Waals surface area contributed by atoms with Crippen LogP contribution in [0.3, 0.4) is 0 Å². The minimum atomic E-state index is -0.482. The second kappa shape index (κ2) is 10.4. The number of hydrogen-bond acceptors (Lipinski definition) is 7. The molecule has 4 rings (SSSR count). The summed E-state index contributed by atoms with van der Waals surface area (Å²) >= 11 is 0. The summed E-state index contributed by atoms with van der Waals surface area (Å²) in [7, 11) is 2.90. The molecule has 0 aliphatic heterocycles. The highest BCUT2D eigenvalue weighted by atomic mass is 16.5. The molecule has 3 aromatic carbocycles. The first-order valence-electron chi connectivity index (χ1n) is 11.3. The van der Waals surface area contributed by atoms with Gasteiger partial charge in [-0.05, 0) is 66.9 Å². The molecular weight excluding hydrogens is 454 g/mol. The molecule has 0 saturated carbocycles. The maximum atomic E-state index is 12.6. The fourth-order valence-corrected chi connectivity index (χ4v) is 4.15. The number of aryl methyl sites for hydroxylation is 2. The smallest absolute Gasteiger partial charge is 0.340 e. The van der Waals surface area contributed by atoms with Gasteiger partial charge in [0, 0.05) is 5.56 Å². The number of carbonyl (C=O) groups is 1. The predicted molar refractivity (Wildman–Crippen MR) is 144 cm³/mol. The maximum Gasteiger partial charge on any atom is 0.340 e. The molecule has 0 radical (unpaired) electrons. The van der Waals surface area contributed by atoms with Crippen molar-refractivity contribution in [2.24, 2.45) is 5.84 Å². The van der Waals surface area contributed by atoms with Gasteiger partial charge in [-0.3, -0.25) is 5.84 Å². The number of benzene rings is 3. The molecule has 8 nitrogen and oxygen atoms in total. The van der Waals surface area contributed by atoms with Gasteiger partial charge in [0.05, 0.1) is 42.5 Å². The summed E-state index contributed by atoms with van der Waals surface area (Å²) in [6.07, 6.45) is 1.74. The molecule has 0 amide bonds. The van der Waals surface area contributed by atoms with Crippen molar-refractivity contribution in [3.05, 3.63) is 89.6 Å².